The molecule has 1 heterocycles. The first kappa shape index (κ1) is 15.5. The first-order chi connectivity index (χ1) is 10.2. The van der Waals surface area contributed by atoms with E-state index in [2.05, 4.69) is 10.3 Å². The van der Waals surface area contributed by atoms with Gasteiger partial charge in [-0.3, -0.25) is 4.79 Å². The Morgan fingerprint density at radius 2 is 2.14 bits per heavy atom. The van der Waals surface area contributed by atoms with Crippen molar-refractivity contribution in [3.05, 3.63) is 46.4 Å². The van der Waals surface area contributed by atoms with Crippen LogP contribution >= 0.6 is 11.3 Å². The second-order valence-corrected chi connectivity index (χ2v) is 5.66. The third-order valence-electron chi connectivity index (χ3n) is 3.02. The molecule has 21 heavy (non-hydrogen) atoms. The van der Waals surface area contributed by atoms with Crippen molar-refractivity contribution in [2.45, 2.75) is 32.7 Å². The summed E-state index contributed by atoms with van der Waals surface area (Å²) < 4.78 is 5.53. The molecule has 0 aliphatic heterocycles. The number of carbonyl (C=O) groups excluding carboxylic acids is 1. The quantitative estimate of drug-likeness (QED) is 0.852. The van der Waals surface area contributed by atoms with Gasteiger partial charge in [0, 0.05) is 11.1 Å². The molecule has 1 aromatic carbocycles. The third kappa shape index (κ3) is 4.86. The Bertz CT molecular complexity index is 569. The van der Waals surface area contributed by atoms with Crippen LogP contribution in [0.4, 0.5) is 0 Å². The van der Waals surface area contributed by atoms with E-state index in [9.17, 15) is 4.79 Å². The average Bonchev–Trinajstić information content (AvgIpc) is 2.92. The molecule has 0 fully saturated rings. The topological polar surface area (TPSA) is 51.2 Å². The van der Waals surface area contributed by atoms with Crippen LogP contribution in [-0.2, 0) is 4.79 Å². The number of amides is 1. The largest absolute Gasteiger partial charge is 0.493 e. The molecule has 0 aliphatic rings. The first-order valence-electron chi connectivity index (χ1n) is 7.08. The minimum Gasteiger partial charge on any atom is -0.493 e. The Labute approximate surface area is 129 Å². The molecular weight excluding hydrogens is 284 g/mol. The van der Waals surface area contributed by atoms with Crippen LogP contribution in [0.2, 0.25) is 0 Å². The van der Waals surface area contributed by atoms with Crippen LogP contribution in [0.15, 0.2) is 35.7 Å². The number of ether oxygens (including phenoxy) is 1. The van der Waals surface area contributed by atoms with Crippen LogP contribution in [0.25, 0.3) is 0 Å². The molecule has 0 radical (unpaired) electrons. The molecule has 5 heteroatoms. The van der Waals surface area contributed by atoms with Crippen LogP contribution in [0, 0.1) is 6.92 Å². The van der Waals surface area contributed by atoms with Gasteiger partial charge in [0.1, 0.15) is 10.8 Å². The van der Waals surface area contributed by atoms with E-state index in [1.54, 1.807) is 11.3 Å². The standard InChI is InChI=1S/C16H20N2O2S/c1-3-14(16-17-12(2)11-21-16)18-15(19)9-10-20-13-7-5-4-6-8-13/h4-8,11,14H,3,9-10H2,1-2H3,(H,18,19)/t14-/m1/s1. The van der Waals surface area contributed by atoms with Gasteiger partial charge in [-0.2, -0.15) is 0 Å². The van der Waals surface area contributed by atoms with Crippen LogP contribution in [0.5, 0.6) is 5.75 Å². The second-order valence-electron chi connectivity index (χ2n) is 4.77. The number of aromatic nitrogens is 1. The smallest absolute Gasteiger partial charge is 0.223 e. The number of rotatable bonds is 7. The molecule has 1 aromatic heterocycles. The number of thiazole rings is 1. The number of carbonyl (C=O) groups is 1. The minimum absolute atomic E-state index is 0.00655. The van der Waals surface area contributed by atoms with E-state index in [1.165, 1.54) is 0 Å². The fraction of sp³-hybridized carbons (Fsp3) is 0.375. The molecule has 0 spiro atoms. The van der Waals surface area contributed by atoms with Gasteiger partial charge in [-0.1, -0.05) is 25.1 Å². The zero-order valence-electron chi connectivity index (χ0n) is 12.3. The van der Waals surface area contributed by atoms with E-state index in [1.807, 2.05) is 49.6 Å². The SMILES string of the molecule is CC[C@@H](NC(=O)CCOc1ccccc1)c1nc(C)cs1. The average molecular weight is 304 g/mol. The molecule has 1 N–H and O–H groups in total. The lowest BCUT2D eigenvalue weighted by Crippen LogP contribution is -2.29. The van der Waals surface area contributed by atoms with E-state index in [0.717, 1.165) is 22.9 Å². The van der Waals surface area contributed by atoms with Crippen molar-refractivity contribution < 1.29 is 9.53 Å². The fourth-order valence-electron chi connectivity index (χ4n) is 1.92. The predicted molar refractivity (Wildman–Crippen MR) is 84.6 cm³/mol. The highest BCUT2D eigenvalue weighted by molar-refractivity contribution is 7.09. The van der Waals surface area contributed by atoms with Crippen LogP contribution < -0.4 is 10.1 Å². The van der Waals surface area contributed by atoms with Crippen molar-refractivity contribution in [1.82, 2.24) is 10.3 Å². The summed E-state index contributed by atoms with van der Waals surface area (Å²) >= 11 is 1.59. The summed E-state index contributed by atoms with van der Waals surface area (Å²) in [5.74, 6) is 0.776. The highest BCUT2D eigenvalue weighted by Crippen LogP contribution is 2.20. The van der Waals surface area contributed by atoms with Gasteiger partial charge in [0.25, 0.3) is 0 Å². The normalized spacial score (nSPS) is 11.9. The number of aryl methyl sites for hydroxylation is 1. The summed E-state index contributed by atoms with van der Waals surface area (Å²) in [6.45, 7) is 4.38. The van der Waals surface area contributed by atoms with E-state index in [-0.39, 0.29) is 11.9 Å². The van der Waals surface area contributed by atoms with E-state index in [0.29, 0.717) is 13.0 Å². The Balaban J connectivity index is 1.78. The summed E-state index contributed by atoms with van der Waals surface area (Å²) in [6.07, 6.45) is 1.17. The molecule has 2 rings (SSSR count). The van der Waals surface area contributed by atoms with E-state index < -0.39 is 0 Å². The molecule has 2 aromatic rings. The summed E-state index contributed by atoms with van der Waals surface area (Å²) in [6, 6.07) is 9.51. The monoisotopic (exact) mass is 304 g/mol. The summed E-state index contributed by atoms with van der Waals surface area (Å²) in [5, 5.41) is 5.98. The number of benzene rings is 1. The highest BCUT2D eigenvalue weighted by Gasteiger charge is 2.15. The van der Waals surface area contributed by atoms with E-state index >= 15 is 0 Å². The van der Waals surface area contributed by atoms with Crippen molar-refractivity contribution in [3.8, 4) is 5.75 Å². The van der Waals surface area contributed by atoms with Crippen molar-refractivity contribution >= 4 is 17.2 Å². The second kappa shape index (κ2) is 7.78. The van der Waals surface area contributed by atoms with Gasteiger partial charge in [-0.05, 0) is 25.5 Å². The van der Waals surface area contributed by atoms with Gasteiger partial charge in [0.2, 0.25) is 5.91 Å². The lowest BCUT2D eigenvalue weighted by atomic mass is 10.2. The van der Waals surface area contributed by atoms with Crippen LogP contribution in [0.1, 0.15) is 36.5 Å². The van der Waals surface area contributed by atoms with Gasteiger partial charge in [0.05, 0.1) is 19.1 Å². The fourth-order valence-corrected chi connectivity index (χ4v) is 2.85. The number of para-hydroxylation sites is 1. The zero-order valence-corrected chi connectivity index (χ0v) is 13.2. The van der Waals surface area contributed by atoms with Crippen molar-refractivity contribution in [1.29, 1.82) is 0 Å². The van der Waals surface area contributed by atoms with Gasteiger partial charge in [-0.25, -0.2) is 4.98 Å². The third-order valence-corrected chi connectivity index (χ3v) is 4.10. The summed E-state index contributed by atoms with van der Waals surface area (Å²) in [7, 11) is 0. The summed E-state index contributed by atoms with van der Waals surface area (Å²) in [5.41, 5.74) is 0.995. The van der Waals surface area contributed by atoms with Gasteiger partial charge in [-0.15, -0.1) is 11.3 Å². The van der Waals surface area contributed by atoms with E-state index in [4.69, 9.17) is 4.74 Å². The molecule has 1 atom stereocenters. The molecule has 0 saturated heterocycles. The highest BCUT2D eigenvalue weighted by atomic mass is 32.1. The van der Waals surface area contributed by atoms with Crippen molar-refractivity contribution in [3.63, 3.8) is 0 Å². The molecule has 112 valence electrons. The van der Waals surface area contributed by atoms with Crippen molar-refractivity contribution in [2.24, 2.45) is 0 Å². The Morgan fingerprint density at radius 3 is 2.76 bits per heavy atom. The van der Waals surface area contributed by atoms with Crippen LogP contribution in [0.3, 0.4) is 0 Å². The minimum atomic E-state index is -0.00867. The Hall–Kier alpha value is -1.88. The zero-order chi connectivity index (χ0) is 15.1. The molecule has 4 nitrogen and oxygen atoms in total. The van der Waals surface area contributed by atoms with Crippen LogP contribution in [-0.4, -0.2) is 17.5 Å². The number of nitrogens with one attached hydrogen (secondary N) is 1. The maximum atomic E-state index is 12.0. The Morgan fingerprint density at radius 1 is 1.38 bits per heavy atom. The predicted octanol–water partition coefficient (Wildman–Crippen LogP) is 3.49. The molecule has 1 amide bonds. The maximum Gasteiger partial charge on any atom is 0.223 e. The number of hydrogen-bond donors (Lipinski definition) is 1. The van der Waals surface area contributed by atoms with Gasteiger partial charge < -0.3 is 10.1 Å². The molecular formula is C16H20N2O2S. The maximum absolute atomic E-state index is 12.0. The van der Waals surface area contributed by atoms with Crippen molar-refractivity contribution in [2.75, 3.05) is 6.61 Å². The number of hydrogen-bond acceptors (Lipinski definition) is 4. The van der Waals surface area contributed by atoms with Gasteiger partial charge in [0.15, 0.2) is 0 Å². The molecule has 0 saturated carbocycles. The summed E-state index contributed by atoms with van der Waals surface area (Å²) in [4.78, 5) is 16.4. The molecule has 0 aliphatic carbocycles. The Kier molecular flexibility index (Phi) is 5.75. The molecule has 0 bridgehead atoms. The molecule has 0 unspecified atom stereocenters. The lowest BCUT2D eigenvalue weighted by molar-refractivity contribution is -0.122. The first-order valence-corrected chi connectivity index (χ1v) is 7.96. The lowest BCUT2D eigenvalue weighted by Gasteiger charge is -2.14. The van der Waals surface area contributed by atoms with Gasteiger partial charge >= 0.3 is 0 Å². The number of nitrogens with zero attached hydrogens (tertiary/aromatic N) is 1.